The van der Waals surface area contributed by atoms with Crippen molar-refractivity contribution in [2.24, 2.45) is 0 Å². The molecule has 0 aromatic carbocycles. The monoisotopic (exact) mass is 279 g/mol. The summed E-state index contributed by atoms with van der Waals surface area (Å²) in [4.78, 5) is 0. The second-order valence-electron chi connectivity index (χ2n) is 5.70. The van der Waals surface area contributed by atoms with Crippen LogP contribution >= 0.6 is 0 Å². The average Bonchev–Trinajstić information content (AvgIpc) is 3.07. The first kappa shape index (κ1) is 15.5. The number of aromatic nitrogens is 2. The Morgan fingerprint density at radius 2 is 2.35 bits per heavy atom. The van der Waals surface area contributed by atoms with Crippen LogP contribution < -0.4 is 5.32 Å². The van der Waals surface area contributed by atoms with E-state index < -0.39 is 0 Å². The average molecular weight is 279 g/mol. The van der Waals surface area contributed by atoms with Crippen molar-refractivity contribution in [3.63, 3.8) is 0 Å². The predicted octanol–water partition coefficient (Wildman–Crippen LogP) is 3.21. The van der Waals surface area contributed by atoms with Gasteiger partial charge in [-0.25, -0.2) is 0 Å². The van der Waals surface area contributed by atoms with E-state index in [1.54, 1.807) is 0 Å². The lowest BCUT2D eigenvalue weighted by molar-refractivity contribution is 0.101. The molecule has 2 atom stereocenters. The molecule has 0 radical (unpaired) electrons. The van der Waals surface area contributed by atoms with Crippen molar-refractivity contribution in [1.82, 2.24) is 15.1 Å². The quantitative estimate of drug-likeness (QED) is 0.794. The normalized spacial score (nSPS) is 20.4. The predicted molar refractivity (Wildman–Crippen MR) is 81.9 cm³/mol. The highest BCUT2D eigenvalue weighted by molar-refractivity contribution is 5.13. The van der Waals surface area contributed by atoms with E-state index in [0.29, 0.717) is 12.1 Å². The molecule has 1 saturated heterocycles. The van der Waals surface area contributed by atoms with Crippen molar-refractivity contribution in [2.45, 2.75) is 71.6 Å². The largest absolute Gasteiger partial charge is 0.378 e. The van der Waals surface area contributed by atoms with Crippen molar-refractivity contribution in [2.75, 3.05) is 13.2 Å². The van der Waals surface area contributed by atoms with E-state index >= 15 is 0 Å². The third-order valence-electron chi connectivity index (χ3n) is 4.08. The minimum atomic E-state index is 0.419. The molecule has 1 N–H and O–H groups in total. The fraction of sp³-hybridized carbons (Fsp3) is 0.812. The first-order valence-corrected chi connectivity index (χ1v) is 8.14. The van der Waals surface area contributed by atoms with Crippen LogP contribution in [0.3, 0.4) is 0 Å². The summed E-state index contributed by atoms with van der Waals surface area (Å²) in [5.41, 5.74) is 2.45. The molecular weight excluding hydrogens is 250 g/mol. The Morgan fingerprint density at radius 3 is 3.00 bits per heavy atom. The number of rotatable bonds is 8. The summed E-state index contributed by atoms with van der Waals surface area (Å²) in [6.45, 7) is 9.31. The summed E-state index contributed by atoms with van der Waals surface area (Å²) < 4.78 is 7.85. The molecule has 2 rings (SSSR count). The molecule has 0 aliphatic carbocycles. The van der Waals surface area contributed by atoms with E-state index in [-0.39, 0.29) is 0 Å². The molecule has 20 heavy (non-hydrogen) atoms. The van der Waals surface area contributed by atoms with E-state index in [4.69, 9.17) is 4.74 Å². The molecule has 0 amide bonds. The van der Waals surface area contributed by atoms with E-state index in [1.165, 1.54) is 37.8 Å². The van der Waals surface area contributed by atoms with Crippen LogP contribution in [0.2, 0.25) is 0 Å². The molecule has 1 aliphatic rings. The minimum absolute atomic E-state index is 0.419. The van der Waals surface area contributed by atoms with E-state index in [2.05, 4.69) is 41.9 Å². The first-order chi connectivity index (χ1) is 9.74. The zero-order chi connectivity index (χ0) is 14.4. The lowest BCUT2D eigenvalue weighted by Crippen LogP contribution is -2.24. The molecule has 0 spiro atoms. The van der Waals surface area contributed by atoms with Gasteiger partial charge in [0, 0.05) is 19.2 Å². The SMILES string of the molecule is CCNC(CCCC1CCCO1)c1cc(C)nn1CC. The second-order valence-corrected chi connectivity index (χ2v) is 5.70. The summed E-state index contributed by atoms with van der Waals surface area (Å²) in [6, 6.07) is 2.64. The second kappa shape index (κ2) is 7.79. The highest BCUT2D eigenvalue weighted by Crippen LogP contribution is 2.24. The molecule has 4 nitrogen and oxygen atoms in total. The molecule has 114 valence electrons. The molecule has 4 heteroatoms. The van der Waals surface area contributed by atoms with Gasteiger partial charge in [0.25, 0.3) is 0 Å². The Labute approximate surface area is 122 Å². The van der Waals surface area contributed by atoms with Gasteiger partial charge in [0.2, 0.25) is 0 Å². The van der Waals surface area contributed by atoms with Crippen molar-refractivity contribution >= 4 is 0 Å². The third-order valence-corrected chi connectivity index (χ3v) is 4.08. The maximum atomic E-state index is 5.71. The number of hydrogen-bond donors (Lipinski definition) is 1. The molecular formula is C16H29N3O. The number of nitrogens with zero attached hydrogens (tertiary/aromatic N) is 2. The van der Waals surface area contributed by atoms with Crippen molar-refractivity contribution in [3.05, 3.63) is 17.5 Å². The molecule has 1 aromatic rings. The molecule has 1 fully saturated rings. The fourth-order valence-electron chi connectivity index (χ4n) is 3.12. The molecule has 1 aliphatic heterocycles. The van der Waals surface area contributed by atoms with Gasteiger partial charge in [-0.15, -0.1) is 0 Å². The van der Waals surface area contributed by atoms with Crippen molar-refractivity contribution < 1.29 is 4.74 Å². The van der Waals surface area contributed by atoms with Crippen LogP contribution in [0.15, 0.2) is 6.07 Å². The Balaban J connectivity index is 1.91. The lowest BCUT2D eigenvalue weighted by Gasteiger charge is -2.19. The summed E-state index contributed by atoms with van der Waals surface area (Å²) in [7, 11) is 0. The Bertz CT molecular complexity index is 396. The Morgan fingerprint density at radius 1 is 1.50 bits per heavy atom. The van der Waals surface area contributed by atoms with E-state index in [0.717, 1.165) is 25.4 Å². The highest BCUT2D eigenvalue weighted by Gasteiger charge is 2.19. The first-order valence-electron chi connectivity index (χ1n) is 8.14. The van der Waals surface area contributed by atoms with E-state index in [9.17, 15) is 0 Å². The summed E-state index contributed by atoms with van der Waals surface area (Å²) in [5.74, 6) is 0. The topological polar surface area (TPSA) is 39.1 Å². The van der Waals surface area contributed by atoms with Crippen LogP contribution in [0, 0.1) is 6.92 Å². The van der Waals surface area contributed by atoms with Gasteiger partial charge in [0.1, 0.15) is 0 Å². The Hall–Kier alpha value is -0.870. The van der Waals surface area contributed by atoms with Crippen molar-refractivity contribution in [1.29, 1.82) is 0 Å². The van der Waals surface area contributed by atoms with Gasteiger partial charge in [-0.2, -0.15) is 5.10 Å². The maximum absolute atomic E-state index is 5.71. The van der Waals surface area contributed by atoms with Gasteiger partial charge >= 0.3 is 0 Å². The van der Waals surface area contributed by atoms with Gasteiger partial charge in [0.15, 0.2) is 0 Å². The van der Waals surface area contributed by atoms with Crippen LogP contribution in [0.25, 0.3) is 0 Å². The molecule has 1 aromatic heterocycles. The van der Waals surface area contributed by atoms with Crippen LogP contribution in [-0.4, -0.2) is 29.0 Å². The van der Waals surface area contributed by atoms with Gasteiger partial charge in [-0.3, -0.25) is 4.68 Å². The maximum Gasteiger partial charge on any atom is 0.0597 e. The van der Waals surface area contributed by atoms with Crippen LogP contribution in [0.4, 0.5) is 0 Å². The van der Waals surface area contributed by atoms with Crippen molar-refractivity contribution in [3.8, 4) is 0 Å². The van der Waals surface area contributed by atoms with Gasteiger partial charge in [-0.1, -0.05) is 6.92 Å². The van der Waals surface area contributed by atoms with Crippen LogP contribution in [0.1, 0.15) is 63.4 Å². The van der Waals surface area contributed by atoms with Crippen LogP contribution in [-0.2, 0) is 11.3 Å². The van der Waals surface area contributed by atoms with Gasteiger partial charge < -0.3 is 10.1 Å². The Kier molecular flexibility index (Phi) is 6.05. The van der Waals surface area contributed by atoms with E-state index in [1.807, 2.05) is 0 Å². The molecule has 0 saturated carbocycles. The standard InChI is InChI=1S/C16H29N3O/c1-4-17-15(10-6-8-14-9-7-11-20-14)16-12-13(3)18-19(16)5-2/h12,14-15,17H,4-11H2,1-3H3. The summed E-state index contributed by atoms with van der Waals surface area (Å²) >= 11 is 0. The molecule has 2 heterocycles. The van der Waals surface area contributed by atoms with Crippen LogP contribution in [0.5, 0.6) is 0 Å². The molecule has 0 bridgehead atoms. The lowest BCUT2D eigenvalue weighted by atomic mass is 10.0. The number of hydrogen-bond acceptors (Lipinski definition) is 3. The summed E-state index contributed by atoms with van der Waals surface area (Å²) in [5, 5.41) is 8.18. The smallest absolute Gasteiger partial charge is 0.0597 e. The third kappa shape index (κ3) is 4.06. The zero-order valence-corrected chi connectivity index (χ0v) is 13.2. The minimum Gasteiger partial charge on any atom is -0.378 e. The molecule has 2 unspecified atom stereocenters. The number of aryl methyl sites for hydroxylation is 2. The highest BCUT2D eigenvalue weighted by atomic mass is 16.5. The van der Waals surface area contributed by atoms with Gasteiger partial charge in [0.05, 0.1) is 17.5 Å². The zero-order valence-electron chi connectivity index (χ0n) is 13.2. The fourth-order valence-corrected chi connectivity index (χ4v) is 3.12. The van der Waals surface area contributed by atoms with Gasteiger partial charge in [-0.05, 0) is 58.6 Å². The number of ether oxygens (including phenoxy) is 1. The number of nitrogens with one attached hydrogen (secondary N) is 1. The summed E-state index contributed by atoms with van der Waals surface area (Å²) in [6.07, 6.45) is 6.58.